The van der Waals surface area contributed by atoms with Crippen LogP contribution in [-0.4, -0.2) is 28.4 Å². The molecule has 166 valence electrons. The predicted molar refractivity (Wildman–Crippen MR) is 133 cm³/mol. The van der Waals surface area contributed by atoms with Gasteiger partial charge in [0.15, 0.2) is 5.11 Å². The van der Waals surface area contributed by atoms with Gasteiger partial charge in [-0.1, -0.05) is 49.2 Å². The number of hydrogen-bond donors (Lipinski definition) is 0. The molecule has 33 heavy (non-hydrogen) atoms. The summed E-state index contributed by atoms with van der Waals surface area (Å²) in [7, 11) is 1.68. The maximum atomic E-state index is 6.18. The maximum Gasteiger partial charge on any atom is 0.225 e. The van der Waals surface area contributed by atoms with Crippen molar-refractivity contribution in [2.45, 2.75) is 37.0 Å². The SMILES string of the molecule is COc1ccc(N2C(=S)N(c3ccccc3)[C@@]34CCCC[C@@]23[N-][N+](c2ccccc2)=N4)cc1. The van der Waals surface area contributed by atoms with E-state index in [9.17, 15) is 0 Å². The fourth-order valence-corrected chi connectivity index (χ4v) is 5.97. The number of azo groups is 1. The minimum atomic E-state index is -0.622. The molecule has 0 bridgehead atoms. The molecule has 0 spiro atoms. The quantitative estimate of drug-likeness (QED) is 0.339. The summed E-state index contributed by atoms with van der Waals surface area (Å²) in [5.41, 5.74) is 7.09. The lowest BCUT2D eigenvalue weighted by Gasteiger charge is -2.48. The van der Waals surface area contributed by atoms with Crippen molar-refractivity contribution < 1.29 is 9.54 Å². The third-order valence-corrected chi connectivity index (χ3v) is 7.28. The highest BCUT2D eigenvalue weighted by atomic mass is 32.1. The summed E-state index contributed by atoms with van der Waals surface area (Å²) >= 11 is 6.18. The van der Waals surface area contributed by atoms with Crippen molar-refractivity contribution in [3.8, 4) is 5.75 Å². The number of hydrogen-bond acceptors (Lipinski definition) is 3. The molecule has 1 aliphatic carbocycles. The Morgan fingerprint density at radius 2 is 1.48 bits per heavy atom. The van der Waals surface area contributed by atoms with E-state index in [2.05, 4.69) is 58.3 Å². The van der Waals surface area contributed by atoms with Gasteiger partial charge in [-0.05, 0) is 61.5 Å². The van der Waals surface area contributed by atoms with Crippen LogP contribution in [-0.2, 0) is 0 Å². The molecule has 0 N–H and O–H groups in total. The number of anilines is 2. The summed E-state index contributed by atoms with van der Waals surface area (Å²) in [6.45, 7) is 0. The average Bonchev–Trinajstić information content (AvgIpc) is 3.32. The summed E-state index contributed by atoms with van der Waals surface area (Å²) in [5.74, 6) is 0.815. The standard InChI is InChI=1S/C26H25N5OS/c1-32-23-16-14-21(15-17-23)30-24(33)29(20-10-4-2-5-11-20)25-18-8-9-19-26(25,30)28-31(27-25)22-12-6-3-7-13-22/h2-7,10-17H,8-9,18-19H2,1H3/t25-,26+/m0/s1. The molecule has 3 aromatic carbocycles. The minimum absolute atomic E-state index is 0.612. The molecule has 3 aliphatic rings. The van der Waals surface area contributed by atoms with Gasteiger partial charge < -0.3 is 14.5 Å². The smallest absolute Gasteiger partial charge is 0.225 e. The van der Waals surface area contributed by atoms with E-state index >= 15 is 0 Å². The molecule has 2 heterocycles. The number of thiocarbonyl (C=S) groups is 1. The second kappa shape index (κ2) is 7.56. The van der Waals surface area contributed by atoms with Crippen LogP contribution < -0.4 is 14.5 Å². The topological polar surface area (TPSA) is 45.2 Å². The second-order valence-electron chi connectivity index (χ2n) is 8.65. The highest BCUT2D eigenvalue weighted by molar-refractivity contribution is 7.80. The molecule has 0 aromatic heterocycles. The molecular formula is C26H25N5OS. The van der Waals surface area contributed by atoms with Crippen LogP contribution in [0.5, 0.6) is 5.75 Å². The van der Waals surface area contributed by atoms with Crippen molar-refractivity contribution in [2.75, 3.05) is 16.9 Å². The van der Waals surface area contributed by atoms with E-state index in [1.165, 1.54) is 0 Å². The fourth-order valence-electron chi connectivity index (χ4n) is 5.46. The first-order chi connectivity index (χ1) is 16.2. The Labute approximate surface area is 199 Å². The molecule has 6 rings (SSSR count). The predicted octanol–water partition coefficient (Wildman–Crippen LogP) is 6.37. The monoisotopic (exact) mass is 455 g/mol. The molecule has 2 fully saturated rings. The Hall–Kier alpha value is -3.45. The summed E-state index contributed by atoms with van der Waals surface area (Å²) in [5, 5.41) is 6.05. The third kappa shape index (κ3) is 2.82. The highest BCUT2D eigenvalue weighted by Gasteiger charge is 2.69. The number of nitrogens with zero attached hydrogens (tertiary/aromatic N) is 5. The van der Waals surface area contributed by atoms with Crippen LogP contribution in [0, 0.1) is 0 Å². The van der Waals surface area contributed by atoms with Gasteiger partial charge in [0.2, 0.25) is 5.69 Å². The summed E-state index contributed by atoms with van der Waals surface area (Å²) < 4.78 is 5.40. The van der Waals surface area contributed by atoms with Gasteiger partial charge in [-0.3, -0.25) is 0 Å². The zero-order valence-electron chi connectivity index (χ0n) is 18.5. The fraction of sp³-hybridized carbons (Fsp3) is 0.269. The van der Waals surface area contributed by atoms with E-state index in [4.69, 9.17) is 27.5 Å². The zero-order chi connectivity index (χ0) is 22.5. The van der Waals surface area contributed by atoms with Gasteiger partial charge >= 0.3 is 0 Å². The van der Waals surface area contributed by atoms with Crippen LogP contribution in [0.15, 0.2) is 90.0 Å². The molecule has 6 nitrogen and oxygen atoms in total. The first kappa shape index (κ1) is 20.2. The zero-order valence-corrected chi connectivity index (χ0v) is 19.3. The van der Waals surface area contributed by atoms with Crippen LogP contribution in [0.1, 0.15) is 25.7 Å². The van der Waals surface area contributed by atoms with Crippen molar-refractivity contribution >= 4 is 34.4 Å². The van der Waals surface area contributed by atoms with Crippen LogP contribution in [0.4, 0.5) is 17.1 Å². The molecule has 0 amide bonds. The molecule has 2 aliphatic heterocycles. The van der Waals surface area contributed by atoms with Crippen molar-refractivity contribution in [3.05, 3.63) is 90.4 Å². The van der Waals surface area contributed by atoms with E-state index in [0.717, 1.165) is 53.6 Å². The van der Waals surface area contributed by atoms with Crippen LogP contribution in [0.3, 0.4) is 0 Å². The van der Waals surface area contributed by atoms with Gasteiger partial charge in [-0.2, -0.15) is 10.5 Å². The van der Waals surface area contributed by atoms with Crippen LogP contribution in [0.2, 0.25) is 0 Å². The Morgan fingerprint density at radius 1 is 0.848 bits per heavy atom. The molecule has 0 unspecified atom stereocenters. The molecule has 1 saturated carbocycles. The second-order valence-corrected chi connectivity index (χ2v) is 9.02. The van der Waals surface area contributed by atoms with E-state index in [0.29, 0.717) is 0 Å². The number of para-hydroxylation sites is 2. The molecule has 0 radical (unpaired) electrons. The summed E-state index contributed by atoms with van der Waals surface area (Å²) in [6, 6.07) is 28.6. The number of ether oxygens (including phenoxy) is 1. The average molecular weight is 456 g/mol. The summed E-state index contributed by atoms with van der Waals surface area (Å²) in [4.78, 5) is 6.29. The van der Waals surface area contributed by atoms with Crippen LogP contribution in [0.25, 0.3) is 5.43 Å². The highest BCUT2D eigenvalue weighted by Crippen LogP contribution is 2.60. The van der Waals surface area contributed by atoms with Crippen molar-refractivity contribution in [2.24, 2.45) is 5.11 Å². The molecule has 2 atom stereocenters. The Kier molecular flexibility index (Phi) is 4.62. The van der Waals surface area contributed by atoms with Gasteiger partial charge in [0.05, 0.1) is 7.11 Å². The number of methoxy groups -OCH3 is 1. The normalized spacial score (nSPS) is 25.8. The lowest BCUT2D eigenvalue weighted by molar-refractivity contribution is -0.456. The van der Waals surface area contributed by atoms with Crippen molar-refractivity contribution in [1.29, 1.82) is 0 Å². The largest absolute Gasteiger partial charge is 0.497 e. The molecule has 1 saturated heterocycles. The first-order valence-corrected chi connectivity index (χ1v) is 11.7. The van der Waals surface area contributed by atoms with Gasteiger partial charge in [-0.15, -0.1) is 4.81 Å². The van der Waals surface area contributed by atoms with Crippen molar-refractivity contribution in [3.63, 3.8) is 0 Å². The summed E-state index contributed by atoms with van der Waals surface area (Å²) in [6.07, 6.45) is 3.89. The van der Waals surface area contributed by atoms with Crippen LogP contribution >= 0.6 is 12.2 Å². The first-order valence-electron chi connectivity index (χ1n) is 11.3. The lowest BCUT2D eigenvalue weighted by Crippen LogP contribution is -2.59. The molecule has 3 aromatic rings. The van der Waals surface area contributed by atoms with Gasteiger partial charge in [0.25, 0.3) is 0 Å². The Morgan fingerprint density at radius 3 is 2.18 bits per heavy atom. The van der Waals surface area contributed by atoms with E-state index < -0.39 is 11.3 Å². The van der Waals surface area contributed by atoms with Gasteiger partial charge in [-0.25, -0.2) is 0 Å². The van der Waals surface area contributed by atoms with Gasteiger partial charge in [0, 0.05) is 23.5 Å². The van der Waals surface area contributed by atoms with Gasteiger partial charge in [0.1, 0.15) is 17.1 Å². The van der Waals surface area contributed by atoms with E-state index in [1.54, 1.807) is 7.11 Å². The number of benzene rings is 3. The molecular weight excluding hydrogens is 430 g/mol. The minimum Gasteiger partial charge on any atom is -0.497 e. The number of rotatable bonds is 4. The van der Waals surface area contributed by atoms with E-state index in [-0.39, 0.29) is 0 Å². The molecule has 7 heteroatoms. The maximum absolute atomic E-state index is 6.18. The Balaban J connectivity index is 1.57. The Bertz CT molecular complexity index is 1220. The lowest BCUT2D eigenvalue weighted by atomic mass is 9.79. The third-order valence-electron chi connectivity index (χ3n) is 6.92. The van der Waals surface area contributed by atoms with Crippen molar-refractivity contribution in [1.82, 2.24) is 0 Å². The van der Waals surface area contributed by atoms with E-state index in [1.807, 2.05) is 41.2 Å².